The minimum Gasteiger partial charge on any atom is -0.224 e. The lowest BCUT2D eigenvalue weighted by molar-refractivity contribution is 0.687. The third-order valence-electron chi connectivity index (χ3n) is 2.04. The lowest BCUT2D eigenvalue weighted by atomic mass is 10.0. The smallest absolute Gasteiger partial charge is 0.0618 e. The molecule has 2 heteroatoms. The summed E-state index contributed by atoms with van der Waals surface area (Å²) in [7, 11) is 0. The largest absolute Gasteiger partial charge is 0.224 e. The number of hydrogen-bond acceptors (Lipinski definition) is 0. The van der Waals surface area contributed by atoms with Gasteiger partial charge in [-0.05, 0) is 46.0 Å². The molecule has 0 saturated carbocycles. The van der Waals surface area contributed by atoms with Crippen molar-refractivity contribution in [1.29, 1.82) is 0 Å². The Morgan fingerprint density at radius 3 is 1.62 bits per heavy atom. The summed E-state index contributed by atoms with van der Waals surface area (Å²) in [5.74, 6) is 0. The van der Waals surface area contributed by atoms with Gasteiger partial charge in [0.15, 0.2) is 0 Å². The Labute approximate surface area is 81.5 Å². The first-order chi connectivity index (χ1) is 6.24. The van der Waals surface area contributed by atoms with Crippen molar-refractivity contribution < 1.29 is 0 Å². The van der Waals surface area contributed by atoms with Gasteiger partial charge in [-0.1, -0.05) is 0 Å². The second-order valence-electron chi connectivity index (χ2n) is 3.33. The van der Waals surface area contributed by atoms with Gasteiger partial charge < -0.3 is 0 Å². The molecule has 2 heterocycles. The zero-order valence-electron chi connectivity index (χ0n) is 7.91. The molecule has 0 spiro atoms. The summed E-state index contributed by atoms with van der Waals surface area (Å²) < 4.78 is 0. The molecule has 0 aromatic carbocycles. The fourth-order valence-corrected chi connectivity index (χ4v) is 1.42. The highest BCUT2D eigenvalue weighted by Gasteiger charge is 2.31. The van der Waals surface area contributed by atoms with Gasteiger partial charge in [-0.25, -0.2) is 10.6 Å². The molecule has 2 aliphatic heterocycles. The van der Waals surface area contributed by atoms with Crippen molar-refractivity contribution in [3.63, 3.8) is 0 Å². The van der Waals surface area contributed by atoms with Crippen LogP contribution >= 0.6 is 0 Å². The quantitative estimate of drug-likeness (QED) is 0.605. The van der Waals surface area contributed by atoms with E-state index in [2.05, 4.69) is 23.5 Å². The van der Waals surface area contributed by atoms with E-state index in [1.165, 1.54) is 0 Å². The summed E-state index contributed by atoms with van der Waals surface area (Å²) >= 11 is 0. The second-order valence-corrected chi connectivity index (χ2v) is 3.33. The predicted octanol–water partition coefficient (Wildman–Crippen LogP) is 1.60. The molecule has 2 nitrogen and oxygen atoms in total. The van der Waals surface area contributed by atoms with Crippen LogP contribution in [0.2, 0.25) is 0 Å². The molecule has 0 bridgehead atoms. The summed E-state index contributed by atoms with van der Waals surface area (Å²) in [5.41, 5.74) is 0. The Hall–Kier alpha value is -0.0800. The van der Waals surface area contributed by atoms with Crippen molar-refractivity contribution in [2.24, 2.45) is 0 Å². The van der Waals surface area contributed by atoms with E-state index in [1.807, 2.05) is 26.7 Å². The molecule has 2 fully saturated rings. The molecule has 13 heavy (non-hydrogen) atoms. The molecule has 0 aromatic heterocycles. The third kappa shape index (κ3) is 2.44. The van der Waals surface area contributed by atoms with Crippen molar-refractivity contribution in [3.8, 4) is 0 Å². The second kappa shape index (κ2) is 3.97. The van der Waals surface area contributed by atoms with Gasteiger partial charge >= 0.3 is 0 Å². The molecule has 0 atom stereocenters. The molecule has 66 valence electrons. The van der Waals surface area contributed by atoms with E-state index in [0.29, 0.717) is 0 Å². The fraction of sp³-hybridized carbons (Fsp3) is 0.273. The van der Waals surface area contributed by atoms with Gasteiger partial charge in [0.1, 0.15) is 0 Å². The highest BCUT2D eigenvalue weighted by Crippen LogP contribution is 2.33. The average molecular weight is 172 g/mol. The van der Waals surface area contributed by atoms with Crippen LogP contribution in [0.15, 0.2) is 0 Å². The molecule has 0 N–H and O–H groups in total. The molecule has 2 aliphatic rings. The van der Waals surface area contributed by atoms with Crippen LogP contribution < -0.4 is 10.6 Å². The van der Waals surface area contributed by atoms with Gasteiger partial charge in [0, 0.05) is 0 Å². The molecular weight excluding hydrogens is 160 g/mol. The van der Waals surface area contributed by atoms with E-state index in [4.69, 9.17) is 0 Å². The Kier molecular flexibility index (Phi) is 2.89. The van der Waals surface area contributed by atoms with Crippen LogP contribution in [-0.4, -0.2) is 0 Å². The Balaban J connectivity index is 1.72. The van der Waals surface area contributed by atoms with E-state index in [0.717, 1.165) is 30.6 Å². The summed E-state index contributed by atoms with van der Waals surface area (Å²) in [5, 5.41) is 8.75. The van der Waals surface area contributed by atoms with Gasteiger partial charge in [-0.15, -0.1) is 0 Å². The van der Waals surface area contributed by atoms with Crippen molar-refractivity contribution in [2.45, 2.75) is 20.3 Å². The lowest BCUT2D eigenvalue weighted by Gasteiger charge is -2.12. The molecular formula is C11H12N2. The van der Waals surface area contributed by atoms with E-state index in [1.54, 1.807) is 0 Å². The zero-order valence-corrected chi connectivity index (χ0v) is 7.91. The predicted molar refractivity (Wildman–Crippen MR) is 50.4 cm³/mol. The topological polar surface area (TPSA) is 28.2 Å². The standard InChI is InChI=1S/C11H12N2/c1-8-3-5-10(12-8)7-11-6-4-9(2)13-11/h3-6H,7H2,1-2H3. The minimum atomic E-state index is 0.849. The fourth-order valence-electron chi connectivity index (χ4n) is 1.42. The van der Waals surface area contributed by atoms with Crippen molar-refractivity contribution >= 4 is 0 Å². The van der Waals surface area contributed by atoms with Crippen LogP contribution in [0.25, 0.3) is 0 Å². The van der Waals surface area contributed by atoms with Gasteiger partial charge in [0.2, 0.25) is 0 Å². The Bertz CT molecular complexity index is 151. The maximum atomic E-state index is 4.38. The Morgan fingerprint density at radius 1 is 0.846 bits per heavy atom. The maximum Gasteiger partial charge on any atom is 0.0618 e. The van der Waals surface area contributed by atoms with Crippen LogP contribution in [0.4, 0.5) is 0 Å². The maximum absolute atomic E-state index is 4.38. The van der Waals surface area contributed by atoms with Crippen LogP contribution in [0, 0.1) is 49.9 Å². The number of rotatable bonds is 2. The van der Waals surface area contributed by atoms with Crippen molar-refractivity contribution in [1.82, 2.24) is 10.6 Å². The monoisotopic (exact) mass is 172 g/mol. The molecule has 2 rings (SSSR count). The highest BCUT2D eigenvalue weighted by molar-refractivity contribution is 5.35. The third-order valence-corrected chi connectivity index (χ3v) is 2.04. The number of hydrogen-bond donors (Lipinski definition) is 0. The molecule has 0 unspecified atom stereocenters. The average Bonchev–Trinajstić information content (AvgIpc) is 2.62. The van der Waals surface area contributed by atoms with Gasteiger partial charge in [0.05, 0.1) is 24.2 Å². The highest BCUT2D eigenvalue weighted by atomic mass is 15.0. The lowest BCUT2D eigenvalue weighted by Crippen LogP contribution is -2.15. The Morgan fingerprint density at radius 2 is 1.31 bits per heavy atom. The van der Waals surface area contributed by atoms with Crippen LogP contribution in [-0.2, 0) is 0 Å². The van der Waals surface area contributed by atoms with E-state index in [9.17, 15) is 0 Å². The van der Waals surface area contributed by atoms with E-state index >= 15 is 0 Å². The first kappa shape index (κ1) is 9.47. The van der Waals surface area contributed by atoms with Crippen LogP contribution in [0.3, 0.4) is 0 Å². The first-order valence-electron chi connectivity index (χ1n) is 4.42. The molecule has 0 aliphatic carbocycles. The zero-order chi connectivity index (χ0) is 9.26. The molecule has 0 amide bonds. The van der Waals surface area contributed by atoms with Gasteiger partial charge in [-0.3, -0.25) is 0 Å². The van der Waals surface area contributed by atoms with E-state index < -0.39 is 0 Å². The van der Waals surface area contributed by atoms with Crippen molar-refractivity contribution in [2.75, 3.05) is 0 Å². The van der Waals surface area contributed by atoms with Gasteiger partial charge in [0.25, 0.3) is 0 Å². The minimum absolute atomic E-state index is 0.849. The molecule has 10 radical (unpaired) electrons. The van der Waals surface area contributed by atoms with Crippen LogP contribution in [0.5, 0.6) is 0 Å². The summed E-state index contributed by atoms with van der Waals surface area (Å²) in [6, 6.07) is 4.38. The normalized spacial score (nSPS) is 29.1. The van der Waals surface area contributed by atoms with E-state index in [-0.39, 0.29) is 0 Å². The van der Waals surface area contributed by atoms with Crippen molar-refractivity contribution in [3.05, 3.63) is 49.9 Å². The SMILES string of the molecule is C[C]1[CH][CH][C](C[C]2[CH][CH][C](C)[N]2)[N]1. The summed E-state index contributed by atoms with van der Waals surface area (Å²) in [4.78, 5) is 0. The molecule has 2 saturated heterocycles. The first-order valence-corrected chi connectivity index (χ1v) is 4.42. The van der Waals surface area contributed by atoms with Gasteiger partial charge in [-0.2, -0.15) is 0 Å². The summed E-state index contributed by atoms with van der Waals surface area (Å²) in [6.45, 7) is 4.01. The summed E-state index contributed by atoms with van der Waals surface area (Å²) in [6.07, 6.45) is 9.02. The molecule has 0 aromatic rings. The van der Waals surface area contributed by atoms with Crippen LogP contribution in [0.1, 0.15) is 20.3 Å². The number of nitrogens with zero attached hydrogens (tertiary/aromatic N) is 2.